The van der Waals surface area contributed by atoms with Crippen molar-refractivity contribution in [2.75, 3.05) is 0 Å². The minimum absolute atomic E-state index is 0.190. The predicted molar refractivity (Wildman–Crippen MR) is 137 cm³/mol. The highest BCUT2D eigenvalue weighted by atomic mass is 32.1. The van der Waals surface area contributed by atoms with E-state index in [2.05, 4.69) is 51.6 Å². The maximum absolute atomic E-state index is 13.0. The second kappa shape index (κ2) is 8.27. The molecule has 4 rings (SSSR count). The van der Waals surface area contributed by atoms with Gasteiger partial charge in [0.1, 0.15) is 5.75 Å². The van der Waals surface area contributed by atoms with Crippen molar-refractivity contribution < 1.29 is 5.11 Å². The van der Waals surface area contributed by atoms with Crippen molar-refractivity contribution in [2.24, 2.45) is 0 Å². The summed E-state index contributed by atoms with van der Waals surface area (Å²) in [7, 11) is 0. The molecule has 33 heavy (non-hydrogen) atoms. The van der Waals surface area contributed by atoms with E-state index in [0.717, 1.165) is 22.3 Å². The standard InChI is InChI=1S/C27H29N3O2S/c1-26(2,3)19-14-18(15-20(23(19)31)27(4,5)6)16-21-24(32)30-25(33-21)28-22(29-30)13-12-17-10-8-7-9-11-17/h7-16,31H,1-6H3. The van der Waals surface area contributed by atoms with E-state index in [4.69, 9.17) is 0 Å². The Morgan fingerprint density at radius 3 is 2.06 bits per heavy atom. The Morgan fingerprint density at radius 2 is 1.52 bits per heavy atom. The van der Waals surface area contributed by atoms with Crippen LogP contribution in [0.5, 0.6) is 5.75 Å². The topological polar surface area (TPSA) is 67.5 Å². The normalized spacial score (nSPS) is 13.5. The molecule has 0 amide bonds. The van der Waals surface area contributed by atoms with E-state index in [1.165, 1.54) is 15.9 Å². The SMILES string of the molecule is CC(C)(C)c1cc(C=c2sc3nc(C=Cc4ccccc4)nn3c2=O)cc(C(C)(C)C)c1O. The van der Waals surface area contributed by atoms with E-state index in [0.29, 0.717) is 21.1 Å². The zero-order chi connectivity index (χ0) is 24.0. The van der Waals surface area contributed by atoms with E-state index >= 15 is 0 Å². The molecule has 1 N–H and O–H groups in total. The van der Waals surface area contributed by atoms with Gasteiger partial charge in [-0.3, -0.25) is 4.79 Å². The molecule has 0 radical (unpaired) electrons. The number of aromatic nitrogens is 3. The summed E-state index contributed by atoms with van der Waals surface area (Å²) < 4.78 is 1.92. The Kier molecular flexibility index (Phi) is 5.74. The lowest BCUT2D eigenvalue weighted by molar-refractivity contribution is 0.423. The number of phenols is 1. The Balaban J connectivity index is 1.78. The minimum Gasteiger partial charge on any atom is -0.507 e. The molecule has 0 atom stereocenters. The monoisotopic (exact) mass is 459 g/mol. The molecule has 0 saturated heterocycles. The first-order valence-corrected chi connectivity index (χ1v) is 11.8. The third-order valence-electron chi connectivity index (χ3n) is 5.47. The summed E-state index contributed by atoms with van der Waals surface area (Å²) >= 11 is 1.32. The highest BCUT2D eigenvalue weighted by molar-refractivity contribution is 7.15. The quantitative estimate of drug-likeness (QED) is 0.459. The van der Waals surface area contributed by atoms with Crippen LogP contribution in [0.1, 0.15) is 69.6 Å². The average molecular weight is 460 g/mol. The first-order chi connectivity index (χ1) is 15.4. The van der Waals surface area contributed by atoms with Gasteiger partial charge in [-0.1, -0.05) is 89.3 Å². The van der Waals surface area contributed by atoms with Gasteiger partial charge in [0.25, 0.3) is 5.56 Å². The number of phenolic OH excluding ortho intramolecular Hbond substituents is 1. The van der Waals surface area contributed by atoms with Crippen molar-refractivity contribution in [2.45, 2.75) is 52.4 Å². The van der Waals surface area contributed by atoms with Crippen LogP contribution in [0.4, 0.5) is 0 Å². The summed E-state index contributed by atoms with van der Waals surface area (Å²) in [6.07, 6.45) is 5.60. The Morgan fingerprint density at radius 1 is 0.909 bits per heavy atom. The second-order valence-electron chi connectivity index (χ2n) is 10.3. The van der Waals surface area contributed by atoms with E-state index < -0.39 is 0 Å². The number of thiazole rings is 1. The molecule has 2 aromatic carbocycles. The molecule has 2 aromatic heterocycles. The maximum atomic E-state index is 13.0. The molecule has 0 spiro atoms. The van der Waals surface area contributed by atoms with Gasteiger partial charge >= 0.3 is 0 Å². The molecule has 4 aromatic rings. The van der Waals surface area contributed by atoms with Crippen LogP contribution in [0.2, 0.25) is 0 Å². The molecule has 0 fully saturated rings. The number of rotatable bonds is 3. The summed E-state index contributed by atoms with van der Waals surface area (Å²) in [5.41, 5.74) is 2.99. The van der Waals surface area contributed by atoms with Gasteiger partial charge < -0.3 is 5.11 Å². The Labute approximate surface area is 197 Å². The molecule has 5 nitrogen and oxygen atoms in total. The molecule has 0 bridgehead atoms. The van der Waals surface area contributed by atoms with Gasteiger partial charge in [-0.2, -0.15) is 9.50 Å². The van der Waals surface area contributed by atoms with Gasteiger partial charge in [0.15, 0.2) is 5.82 Å². The molecule has 0 aliphatic carbocycles. The van der Waals surface area contributed by atoms with E-state index in [1.54, 1.807) is 0 Å². The minimum atomic E-state index is -0.236. The summed E-state index contributed by atoms with van der Waals surface area (Å²) in [5.74, 6) is 0.829. The predicted octanol–water partition coefficient (Wildman–Crippen LogP) is 5.17. The highest BCUT2D eigenvalue weighted by Gasteiger charge is 2.26. The summed E-state index contributed by atoms with van der Waals surface area (Å²) in [6.45, 7) is 12.4. The molecule has 0 aliphatic heterocycles. The van der Waals surface area contributed by atoms with Crippen LogP contribution < -0.4 is 10.1 Å². The van der Waals surface area contributed by atoms with Crippen LogP contribution in [0.25, 0.3) is 23.2 Å². The number of nitrogens with zero attached hydrogens (tertiary/aromatic N) is 3. The molecule has 0 aliphatic rings. The van der Waals surface area contributed by atoms with Gasteiger partial charge in [0, 0.05) is 11.1 Å². The summed E-state index contributed by atoms with van der Waals surface area (Å²) in [4.78, 5) is 18.1. The van der Waals surface area contributed by atoms with Crippen LogP contribution in [0.3, 0.4) is 0 Å². The van der Waals surface area contributed by atoms with Gasteiger partial charge in [0.2, 0.25) is 4.96 Å². The van der Waals surface area contributed by atoms with Crippen molar-refractivity contribution in [3.63, 3.8) is 0 Å². The molecular weight excluding hydrogens is 430 g/mol. The molecule has 6 heteroatoms. The Hall–Kier alpha value is -3.25. The zero-order valence-corrected chi connectivity index (χ0v) is 20.7. The van der Waals surface area contributed by atoms with Crippen molar-refractivity contribution in [1.29, 1.82) is 0 Å². The fourth-order valence-corrected chi connectivity index (χ4v) is 4.60. The lowest BCUT2D eigenvalue weighted by Gasteiger charge is -2.27. The molecule has 2 heterocycles. The smallest absolute Gasteiger partial charge is 0.291 e. The largest absolute Gasteiger partial charge is 0.507 e. The molecular formula is C27H29N3O2S. The molecule has 0 saturated carbocycles. The third-order valence-corrected chi connectivity index (χ3v) is 6.43. The van der Waals surface area contributed by atoms with Gasteiger partial charge in [-0.25, -0.2) is 0 Å². The van der Waals surface area contributed by atoms with E-state index in [9.17, 15) is 9.90 Å². The van der Waals surface area contributed by atoms with Gasteiger partial charge in [-0.15, -0.1) is 5.10 Å². The van der Waals surface area contributed by atoms with E-state index in [1.807, 2.05) is 60.7 Å². The highest BCUT2D eigenvalue weighted by Crippen LogP contribution is 2.39. The van der Waals surface area contributed by atoms with Crippen LogP contribution in [-0.2, 0) is 10.8 Å². The fraction of sp³-hybridized carbons (Fsp3) is 0.296. The lowest BCUT2D eigenvalue weighted by Crippen LogP contribution is -2.24. The second-order valence-corrected chi connectivity index (χ2v) is 11.3. The van der Waals surface area contributed by atoms with Crippen LogP contribution >= 0.6 is 11.3 Å². The van der Waals surface area contributed by atoms with Crippen molar-refractivity contribution >= 4 is 34.5 Å². The molecule has 0 unspecified atom stereocenters. The lowest BCUT2D eigenvalue weighted by atomic mass is 9.78. The van der Waals surface area contributed by atoms with Crippen molar-refractivity contribution in [3.8, 4) is 5.75 Å². The van der Waals surface area contributed by atoms with Gasteiger partial charge in [0.05, 0.1) is 4.53 Å². The van der Waals surface area contributed by atoms with Crippen molar-refractivity contribution in [1.82, 2.24) is 14.6 Å². The number of hydrogen-bond acceptors (Lipinski definition) is 5. The number of aromatic hydroxyl groups is 1. The van der Waals surface area contributed by atoms with E-state index in [-0.39, 0.29) is 16.4 Å². The van der Waals surface area contributed by atoms with Crippen LogP contribution in [-0.4, -0.2) is 19.7 Å². The van der Waals surface area contributed by atoms with Crippen LogP contribution in [0, 0.1) is 0 Å². The average Bonchev–Trinajstić information content (AvgIpc) is 3.25. The van der Waals surface area contributed by atoms with Gasteiger partial charge in [-0.05, 0) is 46.2 Å². The summed E-state index contributed by atoms with van der Waals surface area (Å²) in [6, 6.07) is 13.8. The number of benzene rings is 2. The first kappa shape index (κ1) is 22.9. The molecule has 170 valence electrons. The van der Waals surface area contributed by atoms with Crippen molar-refractivity contribution in [3.05, 3.63) is 85.4 Å². The van der Waals surface area contributed by atoms with Crippen LogP contribution in [0.15, 0.2) is 47.3 Å². The summed E-state index contributed by atoms with van der Waals surface area (Å²) in [5, 5.41) is 15.3. The third kappa shape index (κ3) is 4.76. The zero-order valence-electron chi connectivity index (χ0n) is 19.9. The first-order valence-electron chi connectivity index (χ1n) is 11.0. The number of hydrogen-bond donors (Lipinski definition) is 1. The maximum Gasteiger partial charge on any atom is 0.291 e. The number of fused-ring (bicyclic) bond motifs is 1. The Bertz CT molecular complexity index is 1410. The fourth-order valence-electron chi connectivity index (χ4n) is 3.69.